The van der Waals surface area contributed by atoms with E-state index in [9.17, 15) is 4.79 Å². The SMILES string of the molecule is CCCN1C(=O)C2(CC2)NC1c1ccccc1OC. The van der Waals surface area contributed by atoms with Crippen LogP contribution in [0.5, 0.6) is 5.75 Å². The number of ether oxygens (including phenoxy) is 1. The summed E-state index contributed by atoms with van der Waals surface area (Å²) in [6, 6.07) is 7.93. The fourth-order valence-corrected chi connectivity index (χ4v) is 2.89. The lowest BCUT2D eigenvalue weighted by Crippen LogP contribution is -2.32. The van der Waals surface area contributed by atoms with Crippen molar-refractivity contribution in [2.45, 2.75) is 37.9 Å². The molecule has 4 heteroatoms. The monoisotopic (exact) mass is 260 g/mol. The topological polar surface area (TPSA) is 41.6 Å². The Morgan fingerprint density at radius 1 is 1.42 bits per heavy atom. The molecule has 1 aromatic carbocycles. The van der Waals surface area contributed by atoms with Gasteiger partial charge in [-0.25, -0.2) is 0 Å². The van der Waals surface area contributed by atoms with Crippen LogP contribution in [-0.4, -0.2) is 30.0 Å². The van der Waals surface area contributed by atoms with Gasteiger partial charge in [-0.1, -0.05) is 25.1 Å². The first-order valence-corrected chi connectivity index (χ1v) is 6.93. The van der Waals surface area contributed by atoms with Crippen molar-refractivity contribution in [3.63, 3.8) is 0 Å². The van der Waals surface area contributed by atoms with E-state index in [-0.39, 0.29) is 17.6 Å². The Bertz CT molecular complexity index is 497. The van der Waals surface area contributed by atoms with Gasteiger partial charge < -0.3 is 9.64 Å². The standard InChI is InChI=1S/C15H20N2O2/c1-3-10-17-13(16-15(8-9-15)14(17)18)11-6-4-5-7-12(11)19-2/h4-7,13,16H,3,8-10H2,1-2H3. The van der Waals surface area contributed by atoms with E-state index >= 15 is 0 Å². The van der Waals surface area contributed by atoms with Gasteiger partial charge in [0.05, 0.1) is 7.11 Å². The van der Waals surface area contributed by atoms with Crippen molar-refractivity contribution in [1.29, 1.82) is 0 Å². The molecule has 1 saturated heterocycles. The Morgan fingerprint density at radius 2 is 2.16 bits per heavy atom. The van der Waals surface area contributed by atoms with Gasteiger partial charge in [0.15, 0.2) is 0 Å². The highest BCUT2D eigenvalue weighted by molar-refractivity contribution is 5.92. The van der Waals surface area contributed by atoms with Crippen LogP contribution in [0.15, 0.2) is 24.3 Å². The molecule has 1 saturated carbocycles. The van der Waals surface area contributed by atoms with Crippen molar-refractivity contribution in [3.8, 4) is 5.75 Å². The van der Waals surface area contributed by atoms with Crippen molar-refractivity contribution >= 4 is 5.91 Å². The van der Waals surface area contributed by atoms with Crippen LogP contribution >= 0.6 is 0 Å². The van der Waals surface area contributed by atoms with E-state index in [0.29, 0.717) is 0 Å². The fraction of sp³-hybridized carbons (Fsp3) is 0.533. The van der Waals surface area contributed by atoms with Crippen LogP contribution in [0.3, 0.4) is 0 Å². The number of para-hydroxylation sites is 1. The second kappa shape index (κ2) is 4.53. The van der Waals surface area contributed by atoms with E-state index in [1.165, 1.54) is 0 Å². The van der Waals surface area contributed by atoms with Crippen LogP contribution in [0.4, 0.5) is 0 Å². The molecule has 1 aliphatic carbocycles. The van der Waals surface area contributed by atoms with Gasteiger partial charge in [-0.3, -0.25) is 10.1 Å². The van der Waals surface area contributed by atoms with Crippen molar-refractivity contribution in [3.05, 3.63) is 29.8 Å². The molecule has 1 aliphatic heterocycles. The summed E-state index contributed by atoms with van der Waals surface area (Å²) in [6.45, 7) is 2.89. The number of hydrogen-bond acceptors (Lipinski definition) is 3. The summed E-state index contributed by atoms with van der Waals surface area (Å²) in [6.07, 6.45) is 2.83. The summed E-state index contributed by atoms with van der Waals surface area (Å²) in [5.41, 5.74) is 0.774. The number of carbonyl (C=O) groups excluding carboxylic acids is 1. The van der Waals surface area contributed by atoms with Gasteiger partial charge in [-0.2, -0.15) is 0 Å². The van der Waals surface area contributed by atoms with Gasteiger partial charge in [0.1, 0.15) is 17.5 Å². The molecule has 1 heterocycles. The van der Waals surface area contributed by atoms with Crippen LogP contribution in [0.1, 0.15) is 37.9 Å². The first-order chi connectivity index (χ1) is 9.22. The van der Waals surface area contributed by atoms with Crippen LogP contribution in [0.2, 0.25) is 0 Å². The highest BCUT2D eigenvalue weighted by Gasteiger charge is 2.59. The normalized spacial score (nSPS) is 24.0. The maximum atomic E-state index is 12.5. The molecule has 1 amide bonds. The predicted molar refractivity (Wildman–Crippen MR) is 72.8 cm³/mol. The molecule has 0 radical (unpaired) electrons. The summed E-state index contributed by atoms with van der Waals surface area (Å²) in [4.78, 5) is 14.4. The molecule has 2 fully saturated rings. The van der Waals surface area contributed by atoms with Gasteiger partial charge in [0.25, 0.3) is 0 Å². The first-order valence-electron chi connectivity index (χ1n) is 6.93. The second-order valence-electron chi connectivity index (χ2n) is 5.37. The molecule has 1 atom stereocenters. The molecular weight excluding hydrogens is 240 g/mol. The Kier molecular flexibility index (Phi) is 2.97. The van der Waals surface area contributed by atoms with E-state index in [4.69, 9.17) is 4.74 Å². The molecule has 0 bridgehead atoms. The molecule has 2 aliphatic rings. The summed E-state index contributed by atoms with van der Waals surface area (Å²) < 4.78 is 5.43. The molecule has 1 spiro atoms. The smallest absolute Gasteiger partial charge is 0.244 e. The van der Waals surface area contributed by atoms with Crippen LogP contribution < -0.4 is 10.1 Å². The molecule has 3 rings (SSSR count). The number of nitrogens with zero attached hydrogens (tertiary/aromatic N) is 1. The maximum Gasteiger partial charge on any atom is 0.244 e. The Labute approximate surface area is 113 Å². The van der Waals surface area contributed by atoms with Gasteiger partial charge >= 0.3 is 0 Å². The first kappa shape index (κ1) is 12.5. The highest BCUT2D eigenvalue weighted by atomic mass is 16.5. The maximum absolute atomic E-state index is 12.5. The predicted octanol–water partition coefficient (Wildman–Crippen LogP) is 2.07. The van der Waals surface area contributed by atoms with Crippen molar-refractivity contribution in [1.82, 2.24) is 10.2 Å². The van der Waals surface area contributed by atoms with E-state index < -0.39 is 0 Å². The Balaban J connectivity index is 1.96. The van der Waals surface area contributed by atoms with E-state index in [1.54, 1.807) is 7.11 Å². The quantitative estimate of drug-likeness (QED) is 0.901. The highest BCUT2D eigenvalue weighted by Crippen LogP contribution is 2.47. The van der Waals surface area contributed by atoms with Gasteiger partial charge in [0, 0.05) is 12.1 Å². The lowest BCUT2D eigenvalue weighted by Gasteiger charge is -2.25. The van der Waals surface area contributed by atoms with E-state index in [1.807, 2.05) is 29.2 Å². The second-order valence-corrected chi connectivity index (χ2v) is 5.37. The zero-order valence-corrected chi connectivity index (χ0v) is 11.5. The molecular formula is C15H20N2O2. The number of nitrogens with one attached hydrogen (secondary N) is 1. The minimum absolute atomic E-state index is 0.0499. The minimum Gasteiger partial charge on any atom is -0.496 e. The number of hydrogen-bond donors (Lipinski definition) is 1. The summed E-state index contributed by atoms with van der Waals surface area (Å²) >= 11 is 0. The third-order valence-corrected chi connectivity index (χ3v) is 4.04. The van der Waals surface area contributed by atoms with Crippen LogP contribution in [-0.2, 0) is 4.79 Å². The lowest BCUT2D eigenvalue weighted by molar-refractivity contribution is -0.130. The Morgan fingerprint density at radius 3 is 2.79 bits per heavy atom. The van der Waals surface area contributed by atoms with Crippen LogP contribution in [0.25, 0.3) is 0 Å². The van der Waals surface area contributed by atoms with Gasteiger partial charge in [0.2, 0.25) is 5.91 Å². The van der Waals surface area contributed by atoms with Crippen molar-refractivity contribution in [2.75, 3.05) is 13.7 Å². The fourth-order valence-electron chi connectivity index (χ4n) is 2.89. The lowest BCUT2D eigenvalue weighted by atomic mass is 10.1. The molecule has 0 aromatic heterocycles. The third kappa shape index (κ3) is 1.91. The zero-order valence-electron chi connectivity index (χ0n) is 11.5. The Hall–Kier alpha value is -1.55. The van der Waals surface area contributed by atoms with E-state index in [0.717, 1.165) is 37.1 Å². The number of methoxy groups -OCH3 is 1. The molecule has 1 N–H and O–H groups in total. The summed E-state index contributed by atoms with van der Waals surface area (Å²) in [7, 11) is 1.67. The van der Waals surface area contributed by atoms with Crippen molar-refractivity contribution in [2.24, 2.45) is 0 Å². The van der Waals surface area contributed by atoms with E-state index in [2.05, 4.69) is 12.2 Å². The average molecular weight is 260 g/mol. The van der Waals surface area contributed by atoms with Gasteiger partial charge in [-0.05, 0) is 25.3 Å². The average Bonchev–Trinajstić information content (AvgIpc) is 3.17. The van der Waals surface area contributed by atoms with Gasteiger partial charge in [-0.15, -0.1) is 0 Å². The number of amides is 1. The summed E-state index contributed by atoms with van der Waals surface area (Å²) in [5, 5.41) is 3.51. The zero-order chi connectivity index (χ0) is 13.5. The van der Waals surface area contributed by atoms with Crippen LogP contribution in [0, 0.1) is 0 Å². The number of benzene rings is 1. The number of rotatable bonds is 4. The molecule has 1 aromatic rings. The third-order valence-electron chi connectivity index (χ3n) is 4.04. The largest absolute Gasteiger partial charge is 0.496 e. The number of carbonyl (C=O) groups is 1. The van der Waals surface area contributed by atoms with Crippen molar-refractivity contribution < 1.29 is 9.53 Å². The minimum atomic E-state index is -0.277. The molecule has 1 unspecified atom stereocenters. The summed E-state index contributed by atoms with van der Waals surface area (Å²) in [5.74, 6) is 1.09. The molecule has 102 valence electrons. The molecule has 4 nitrogen and oxygen atoms in total. The molecule has 19 heavy (non-hydrogen) atoms.